The number of amides is 2. The number of benzene rings is 1. The minimum absolute atomic E-state index is 0.188. The van der Waals surface area contributed by atoms with Gasteiger partial charge in [-0.25, -0.2) is 0 Å². The Morgan fingerprint density at radius 3 is 1.74 bits per heavy atom. The Balaban J connectivity index is 1.36. The molecule has 0 aliphatic carbocycles. The minimum atomic E-state index is -0.284. The van der Waals surface area contributed by atoms with E-state index in [1.165, 1.54) is 75.5 Å². The van der Waals surface area contributed by atoms with Gasteiger partial charge in [-0.2, -0.15) is 0 Å². The van der Waals surface area contributed by atoms with Crippen LogP contribution in [0.4, 0.5) is 0 Å². The van der Waals surface area contributed by atoms with Crippen molar-refractivity contribution in [3.05, 3.63) is 35.4 Å². The Morgan fingerprint density at radius 2 is 1.21 bits per heavy atom. The Kier molecular flexibility index (Phi) is 14.2. The second-order valence-electron chi connectivity index (χ2n) is 9.13. The van der Waals surface area contributed by atoms with Gasteiger partial charge in [-0.05, 0) is 18.6 Å². The molecule has 1 heterocycles. The van der Waals surface area contributed by atoms with Gasteiger partial charge in [-0.3, -0.25) is 19.3 Å². The third-order valence-electron chi connectivity index (χ3n) is 6.31. The monoisotopic (exact) mass is 473 g/mol. The molecular formula is C28H43NO5. The lowest BCUT2D eigenvalue weighted by Crippen LogP contribution is -2.33. The molecule has 1 aromatic carbocycles. The number of nitrogens with zero attached hydrogens (tertiary/aromatic N) is 1. The molecule has 34 heavy (non-hydrogen) atoms. The van der Waals surface area contributed by atoms with Crippen molar-refractivity contribution in [1.82, 2.24) is 4.90 Å². The van der Waals surface area contributed by atoms with Crippen molar-refractivity contribution in [1.29, 1.82) is 0 Å². The van der Waals surface area contributed by atoms with E-state index >= 15 is 0 Å². The van der Waals surface area contributed by atoms with Gasteiger partial charge in [0.25, 0.3) is 11.8 Å². The molecule has 0 fully saturated rings. The zero-order chi connectivity index (χ0) is 24.4. The average Bonchev–Trinajstić information content (AvgIpc) is 3.09. The molecule has 0 saturated carbocycles. The first-order valence-corrected chi connectivity index (χ1v) is 13.3. The standard InChI is InChI=1S/C28H43NO5/c1-2-3-4-5-6-7-8-9-10-11-12-13-14-19-26(30)34-23-22-33-21-20-29-27(31)24-17-15-16-18-25(24)28(29)32/h15-18H,2-14,19-23H2,1H3. The van der Waals surface area contributed by atoms with Crippen LogP contribution in [0, 0.1) is 0 Å². The largest absolute Gasteiger partial charge is 0.463 e. The summed E-state index contributed by atoms with van der Waals surface area (Å²) in [7, 11) is 0. The van der Waals surface area contributed by atoms with Crippen LogP contribution in [0.3, 0.4) is 0 Å². The van der Waals surface area contributed by atoms with Gasteiger partial charge in [0, 0.05) is 6.42 Å². The quantitative estimate of drug-likeness (QED) is 0.126. The summed E-state index contributed by atoms with van der Waals surface area (Å²) in [4.78, 5) is 37.5. The first-order chi connectivity index (χ1) is 16.6. The number of hydrogen-bond donors (Lipinski definition) is 0. The van der Waals surface area contributed by atoms with E-state index in [2.05, 4.69) is 6.92 Å². The summed E-state index contributed by atoms with van der Waals surface area (Å²) in [6.45, 7) is 3.13. The Labute approximate surface area is 205 Å². The second-order valence-corrected chi connectivity index (χ2v) is 9.13. The molecule has 0 saturated heterocycles. The van der Waals surface area contributed by atoms with E-state index in [4.69, 9.17) is 9.47 Å². The van der Waals surface area contributed by atoms with Crippen LogP contribution in [0.15, 0.2) is 24.3 Å². The van der Waals surface area contributed by atoms with E-state index in [-0.39, 0.29) is 44.1 Å². The van der Waals surface area contributed by atoms with E-state index in [0.29, 0.717) is 17.5 Å². The average molecular weight is 474 g/mol. The number of imide groups is 1. The molecule has 1 aliphatic rings. The maximum absolute atomic E-state index is 12.3. The van der Waals surface area contributed by atoms with Crippen LogP contribution in [0.5, 0.6) is 0 Å². The Morgan fingerprint density at radius 1 is 0.706 bits per heavy atom. The zero-order valence-electron chi connectivity index (χ0n) is 21.0. The van der Waals surface area contributed by atoms with E-state index < -0.39 is 0 Å². The number of ether oxygens (including phenoxy) is 2. The predicted molar refractivity (Wildman–Crippen MR) is 134 cm³/mol. The molecule has 2 rings (SSSR count). The molecule has 2 amide bonds. The topological polar surface area (TPSA) is 72.9 Å². The molecule has 0 spiro atoms. The summed E-state index contributed by atoms with van der Waals surface area (Å²) in [6.07, 6.45) is 17.1. The molecule has 0 unspecified atom stereocenters. The van der Waals surface area contributed by atoms with Crippen molar-refractivity contribution in [2.75, 3.05) is 26.4 Å². The summed E-state index contributed by atoms with van der Waals surface area (Å²) in [5.41, 5.74) is 0.879. The summed E-state index contributed by atoms with van der Waals surface area (Å²) in [6, 6.07) is 6.81. The van der Waals surface area contributed by atoms with Crippen molar-refractivity contribution in [2.24, 2.45) is 0 Å². The molecule has 0 N–H and O–H groups in total. The predicted octanol–water partition coefficient (Wildman–Crippen LogP) is 6.32. The highest BCUT2D eigenvalue weighted by Gasteiger charge is 2.34. The van der Waals surface area contributed by atoms with Gasteiger partial charge in [0.15, 0.2) is 0 Å². The molecule has 1 aliphatic heterocycles. The molecule has 0 bridgehead atoms. The van der Waals surface area contributed by atoms with Crippen molar-refractivity contribution in [3.8, 4) is 0 Å². The molecule has 6 heteroatoms. The van der Waals surface area contributed by atoms with Gasteiger partial charge in [0.05, 0.1) is 30.9 Å². The fourth-order valence-corrected chi connectivity index (χ4v) is 4.27. The lowest BCUT2D eigenvalue weighted by atomic mass is 10.0. The van der Waals surface area contributed by atoms with E-state index in [1.807, 2.05) is 0 Å². The van der Waals surface area contributed by atoms with Gasteiger partial charge in [-0.15, -0.1) is 0 Å². The zero-order valence-corrected chi connectivity index (χ0v) is 21.0. The molecule has 0 atom stereocenters. The molecule has 190 valence electrons. The number of carbonyl (C=O) groups is 3. The highest BCUT2D eigenvalue weighted by molar-refractivity contribution is 6.21. The van der Waals surface area contributed by atoms with Crippen LogP contribution in [0.1, 0.15) is 118 Å². The lowest BCUT2D eigenvalue weighted by Gasteiger charge is -2.13. The minimum Gasteiger partial charge on any atom is -0.463 e. The number of esters is 1. The van der Waals surface area contributed by atoms with Gasteiger partial charge >= 0.3 is 5.97 Å². The van der Waals surface area contributed by atoms with Gasteiger partial charge in [0.1, 0.15) is 6.61 Å². The maximum Gasteiger partial charge on any atom is 0.305 e. The fourth-order valence-electron chi connectivity index (χ4n) is 4.27. The number of fused-ring (bicyclic) bond motifs is 1. The highest BCUT2D eigenvalue weighted by Crippen LogP contribution is 2.21. The maximum atomic E-state index is 12.3. The van der Waals surface area contributed by atoms with Crippen molar-refractivity contribution >= 4 is 17.8 Å². The second kappa shape index (κ2) is 17.3. The van der Waals surface area contributed by atoms with Gasteiger partial charge in [-0.1, -0.05) is 96.1 Å². The molecule has 1 aromatic rings. The molecular weight excluding hydrogens is 430 g/mol. The first kappa shape index (κ1) is 28.0. The van der Waals surface area contributed by atoms with E-state index in [0.717, 1.165) is 12.8 Å². The number of hydrogen-bond acceptors (Lipinski definition) is 5. The number of rotatable bonds is 20. The van der Waals surface area contributed by atoms with Crippen LogP contribution >= 0.6 is 0 Å². The van der Waals surface area contributed by atoms with Gasteiger partial charge < -0.3 is 9.47 Å². The third kappa shape index (κ3) is 10.4. The van der Waals surface area contributed by atoms with Crippen molar-refractivity contribution in [3.63, 3.8) is 0 Å². The van der Waals surface area contributed by atoms with E-state index in [1.54, 1.807) is 24.3 Å². The Hall–Kier alpha value is -2.21. The SMILES string of the molecule is CCCCCCCCCCCCCCCC(=O)OCCOCCN1C(=O)c2ccccc2C1=O. The Bertz CT molecular complexity index is 713. The van der Waals surface area contributed by atoms with Crippen molar-refractivity contribution < 1.29 is 23.9 Å². The summed E-state index contributed by atoms with van der Waals surface area (Å²) >= 11 is 0. The lowest BCUT2D eigenvalue weighted by molar-refractivity contribution is -0.145. The molecule has 0 radical (unpaired) electrons. The van der Waals surface area contributed by atoms with Crippen LogP contribution in [-0.2, 0) is 14.3 Å². The van der Waals surface area contributed by atoms with Gasteiger partial charge in [0.2, 0.25) is 0 Å². The first-order valence-electron chi connectivity index (χ1n) is 13.3. The normalized spacial score (nSPS) is 12.9. The van der Waals surface area contributed by atoms with Crippen molar-refractivity contribution in [2.45, 2.75) is 96.8 Å². The molecule has 6 nitrogen and oxygen atoms in total. The summed E-state index contributed by atoms with van der Waals surface area (Å²) in [5.74, 6) is -0.756. The summed E-state index contributed by atoms with van der Waals surface area (Å²) < 4.78 is 10.6. The van der Waals surface area contributed by atoms with Crippen LogP contribution in [0.2, 0.25) is 0 Å². The highest BCUT2D eigenvalue weighted by atomic mass is 16.6. The van der Waals surface area contributed by atoms with Crippen LogP contribution in [0.25, 0.3) is 0 Å². The smallest absolute Gasteiger partial charge is 0.305 e. The number of carbonyl (C=O) groups excluding carboxylic acids is 3. The molecule has 0 aromatic heterocycles. The fraction of sp³-hybridized carbons (Fsp3) is 0.679. The number of unbranched alkanes of at least 4 members (excludes halogenated alkanes) is 12. The van der Waals surface area contributed by atoms with Crippen LogP contribution < -0.4 is 0 Å². The third-order valence-corrected chi connectivity index (χ3v) is 6.31. The van der Waals surface area contributed by atoms with E-state index in [9.17, 15) is 14.4 Å². The summed E-state index contributed by atoms with van der Waals surface area (Å²) in [5, 5.41) is 0. The van der Waals surface area contributed by atoms with Crippen LogP contribution in [-0.4, -0.2) is 49.0 Å².